The fraction of sp³-hybridized carbons (Fsp3) is 0.235. The lowest BCUT2D eigenvalue weighted by molar-refractivity contribution is -0.386. The highest BCUT2D eigenvalue weighted by atomic mass is 16.6. The second-order valence-electron chi connectivity index (χ2n) is 4.87. The monoisotopic (exact) mass is 347 g/mol. The van der Waals surface area contributed by atoms with Gasteiger partial charge in [-0.2, -0.15) is 0 Å². The van der Waals surface area contributed by atoms with Crippen molar-refractivity contribution in [2.45, 2.75) is 0 Å². The van der Waals surface area contributed by atoms with E-state index in [9.17, 15) is 14.9 Å². The number of methoxy groups -OCH3 is 3. The molecule has 0 radical (unpaired) electrons. The Morgan fingerprint density at radius 2 is 1.56 bits per heavy atom. The van der Waals surface area contributed by atoms with Crippen molar-refractivity contribution in [1.29, 1.82) is 0 Å². The first-order chi connectivity index (χ1) is 12.0. The van der Waals surface area contributed by atoms with Crippen LogP contribution in [0.5, 0.6) is 23.0 Å². The Hall–Kier alpha value is -3.29. The molecule has 0 aromatic heterocycles. The first-order valence-electron chi connectivity index (χ1n) is 7.20. The van der Waals surface area contributed by atoms with Crippen LogP contribution in [-0.2, 0) is 0 Å². The molecular weight excluding hydrogens is 330 g/mol. The van der Waals surface area contributed by atoms with Crippen molar-refractivity contribution in [2.75, 3.05) is 27.9 Å². The summed E-state index contributed by atoms with van der Waals surface area (Å²) in [5.74, 6) is 0.470. The zero-order valence-corrected chi connectivity index (χ0v) is 14.0. The number of rotatable bonds is 8. The van der Waals surface area contributed by atoms with E-state index in [4.69, 9.17) is 18.9 Å². The van der Waals surface area contributed by atoms with Gasteiger partial charge in [-0.25, -0.2) is 0 Å². The molecule has 25 heavy (non-hydrogen) atoms. The van der Waals surface area contributed by atoms with Crippen LogP contribution in [0.1, 0.15) is 10.4 Å². The van der Waals surface area contributed by atoms with E-state index in [1.807, 2.05) is 0 Å². The Bertz CT molecular complexity index is 771. The first-order valence-corrected chi connectivity index (χ1v) is 7.20. The molecule has 2 rings (SSSR count). The smallest absolute Gasteiger partial charge is 0.352 e. The molecule has 0 N–H and O–H groups in total. The zero-order valence-electron chi connectivity index (χ0n) is 14.0. The van der Waals surface area contributed by atoms with Gasteiger partial charge in [-0.3, -0.25) is 14.9 Å². The minimum Gasteiger partial charge on any atom is -0.497 e. The second kappa shape index (κ2) is 8.00. The lowest BCUT2D eigenvalue weighted by Gasteiger charge is -2.11. The molecule has 8 nitrogen and oxygen atoms in total. The summed E-state index contributed by atoms with van der Waals surface area (Å²) >= 11 is 0. The Kier molecular flexibility index (Phi) is 5.78. The highest BCUT2D eigenvalue weighted by molar-refractivity contribution is 5.97. The van der Waals surface area contributed by atoms with Crippen LogP contribution in [0.15, 0.2) is 36.4 Å². The maximum absolute atomic E-state index is 12.2. The largest absolute Gasteiger partial charge is 0.497 e. The Labute approximate surface area is 144 Å². The maximum Gasteiger partial charge on any atom is 0.352 e. The van der Waals surface area contributed by atoms with E-state index >= 15 is 0 Å². The van der Waals surface area contributed by atoms with E-state index in [0.717, 1.165) is 0 Å². The molecule has 8 heteroatoms. The van der Waals surface area contributed by atoms with Crippen LogP contribution >= 0.6 is 0 Å². The highest BCUT2D eigenvalue weighted by Gasteiger charge is 2.25. The second-order valence-corrected chi connectivity index (χ2v) is 4.87. The number of hydrogen-bond acceptors (Lipinski definition) is 7. The molecule has 0 amide bonds. The molecule has 0 saturated heterocycles. The van der Waals surface area contributed by atoms with Crippen LogP contribution in [0.2, 0.25) is 0 Å². The number of carbonyl (C=O) groups excluding carboxylic acids is 1. The van der Waals surface area contributed by atoms with Gasteiger partial charge in [0, 0.05) is 17.7 Å². The van der Waals surface area contributed by atoms with Crippen LogP contribution in [0.25, 0.3) is 0 Å². The standard InChI is InChI=1S/C17H17NO7/c1-22-12-6-4-11(5-7-12)14(19)10-25-16-9-13(23-2)8-15(24-3)17(16)18(20)21/h4-9H,10H2,1-3H3. The van der Waals surface area contributed by atoms with E-state index < -0.39 is 4.92 Å². The molecule has 0 unspecified atom stereocenters. The van der Waals surface area contributed by atoms with Gasteiger partial charge in [-0.1, -0.05) is 0 Å². The topological polar surface area (TPSA) is 97.1 Å². The summed E-state index contributed by atoms with van der Waals surface area (Å²) in [7, 11) is 4.23. The molecule has 0 saturated carbocycles. The van der Waals surface area contributed by atoms with Crippen molar-refractivity contribution in [1.82, 2.24) is 0 Å². The summed E-state index contributed by atoms with van der Waals surface area (Å²) in [5.41, 5.74) is 0.0316. The van der Waals surface area contributed by atoms with Crippen LogP contribution in [0.3, 0.4) is 0 Å². The zero-order chi connectivity index (χ0) is 18.4. The maximum atomic E-state index is 12.2. The van der Waals surface area contributed by atoms with Crippen molar-refractivity contribution < 1.29 is 28.7 Å². The lowest BCUT2D eigenvalue weighted by Crippen LogP contribution is -2.12. The number of ether oxygens (including phenoxy) is 4. The van der Waals surface area contributed by atoms with Crippen LogP contribution in [0.4, 0.5) is 5.69 Å². The summed E-state index contributed by atoms with van der Waals surface area (Å²) < 4.78 is 20.5. The van der Waals surface area contributed by atoms with Gasteiger partial charge < -0.3 is 18.9 Å². The minimum atomic E-state index is -0.633. The third-order valence-corrected chi connectivity index (χ3v) is 3.42. The summed E-state index contributed by atoms with van der Waals surface area (Å²) in [6.07, 6.45) is 0. The predicted octanol–water partition coefficient (Wildman–Crippen LogP) is 2.88. The molecule has 0 bridgehead atoms. The molecule has 2 aromatic carbocycles. The highest BCUT2D eigenvalue weighted by Crippen LogP contribution is 2.40. The molecule has 132 valence electrons. The number of nitrogens with zero attached hydrogens (tertiary/aromatic N) is 1. The van der Waals surface area contributed by atoms with Gasteiger partial charge in [-0.15, -0.1) is 0 Å². The van der Waals surface area contributed by atoms with Crippen molar-refractivity contribution in [3.05, 3.63) is 52.1 Å². The van der Waals surface area contributed by atoms with E-state index in [0.29, 0.717) is 17.1 Å². The van der Waals surface area contributed by atoms with Crippen LogP contribution in [0, 0.1) is 10.1 Å². The number of ketones is 1. The van der Waals surface area contributed by atoms with E-state index in [1.54, 1.807) is 24.3 Å². The number of carbonyl (C=O) groups is 1. The van der Waals surface area contributed by atoms with Gasteiger partial charge in [-0.05, 0) is 24.3 Å². The quantitative estimate of drug-likeness (QED) is 0.411. The average molecular weight is 347 g/mol. The fourth-order valence-electron chi connectivity index (χ4n) is 2.13. The van der Waals surface area contributed by atoms with Gasteiger partial charge in [0.15, 0.2) is 12.4 Å². The van der Waals surface area contributed by atoms with Gasteiger partial charge in [0.2, 0.25) is 11.5 Å². The SMILES string of the molecule is COc1ccc(C(=O)COc2cc(OC)cc(OC)c2[N+](=O)[O-])cc1. The van der Waals surface area contributed by atoms with E-state index in [1.165, 1.54) is 33.5 Å². The minimum absolute atomic E-state index is 0.0174. The summed E-state index contributed by atoms with van der Waals surface area (Å²) in [4.78, 5) is 22.9. The molecule has 0 spiro atoms. The lowest BCUT2D eigenvalue weighted by atomic mass is 10.1. The van der Waals surface area contributed by atoms with E-state index in [2.05, 4.69) is 0 Å². The van der Waals surface area contributed by atoms with Crippen molar-refractivity contribution in [2.24, 2.45) is 0 Å². The normalized spacial score (nSPS) is 10.0. The third-order valence-electron chi connectivity index (χ3n) is 3.42. The molecule has 0 atom stereocenters. The number of hydrogen-bond donors (Lipinski definition) is 0. The Balaban J connectivity index is 2.23. The van der Waals surface area contributed by atoms with Crippen molar-refractivity contribution >= 4 is 11.5 Å². The summed E-state index contributed by atoms with van der Waals surface area (Å²) in [6, 6.07) is 9.17. The molecule has 0 fully saturated rings. The number of Topliss-reactive ketones (excluding diaryl/α,β-unsaturated/α-hetero) is 1. The van der Waals surface area contributed by atoms with Crippen LogP contribution in [-0.4, -0.2) is 38.6 Å². The Morgan fingerprint density at radius 1 is 0.960 bits per heavy atom. The molecule has 0 aliphatic heterocycles. The van der Waals surface area contributed by atoms with Gasteiger partial charge >= 0.3 is 5.69 Å². The molecule has 0 aliphatic rings. The van der Waals surface area contributed by atoms with Crippen molar-refractivity contribution in [3.63, 3.8) is 0 Å². The Morgan fingerprint density at radius 3 is 2.08 bits per heavy atom. The average Bonchev–Trinajstić information content (AvgIpc) is 2.64. The molecular formula is C17H17NO7. The summed E-state index contributed by atoms with van der Waals surface area (Å²) in [6.45, 7) is -0.372. The number of benzene rings is 2. The van der Waals surface area contributed by atoms with E-state index in [-0.39, 0.29) is 29.6 Å². The first kappa shape index (κ1) is 18.1. The van der Waals surface area contributed by atoms with Gasteiger partial charge in [0.25, 0.3) is 0 Å². The molecule has 2 aromatic rings. The fourth-order valence-corrected chi connectivity index (χ4v) is 2.13. The molecule has 0 aliphatic carbocycles. The third kappa shape index (κ3) is 4.17. The van der Waals surface area contributed by atoms with Gasteiger partial charge in [0.1, 0.15) is 11.5 Å². The van der Waals surface area contributed by atoms with Gasteiger partial charge in [0.05, 0.1) is 26.3 Å². The molecule has 0 heterocycles. The van der Waals surface area contributed by atoms with Crippen LogP contribution < -0.4 is 18.9 Å². The summed E-state index contributed by atoms with van der Waals surface area (Å²) in [5, 5.41) is 11.3. The number of nitro groups is 1. The number of nitro benzene ring substituents is 1. The van der Waals surface area contributed by atoms with Crippen molar-refractivity contribution in [3.8, 4) is 23.0 Å². The predicted molar refractivity (Wildman–Crippen MR) is 89.0 cm³/mol.